The number of nitrogens with zero attached hydrogens (tertiary/aromatic N) is 4. The van der Waals surface area contributed by atoms with Crippen LogP contribution in [0.25, 0.3) is 5.69 Å². The number of nitrogens with one attached hydrogen (secondary N) is 1. The Hall–Kier alpha value is -5.23. The summed E-state index contributed by atoms with van der Waals surface area (Å²) < 4.78 is 7.57. The maximum absolute atomic E-state index is 12.7. The molecular weight excluding hydrogens is 434 g/mol. The number of aromatic nitrogens is 1. The fourth-order valence-corrected chi connectivity index (χ4v) is 3.20. The average molecular weight is 451 g/mol. The van der Waals surface area contributed by atoms with Gasteiger partial charge in [0.1, 0.15) is 23.1 Å². The van der Waals surface area contributed by atoms with Crippen molar-refractivity contribution < 1.29 is 14.5 Å². The van der Waals surface area contributed by atoms with E-state index in [1.54, 1.807) is 36.4 Å². The van der Waals surface area contributed by atoms with E-state index in [1.165, 1.54) is 18.3 Å². The van der Waals surface area contributed by atoms with Crippen molar-refractivity contribution in [3.05, 3.63) is 118 Å². The van der Waals surface area contributed by atoms with Crippen molar-refractivity contribution >= 4 is 17.8 Å². The lowest BCUT2D eigenvalue weighted by atomic mass is 10.1. The van der Waals surface area contributed by atoms with Crippen LogP contribution in [0.4, 0.5) is 5.69 Å². The van der Waals surface area contributed by atoms with Gasteiger partial charge in [-0.25, -0.2) is 5.43 Å². The van der Waals surface area contributed by atoms with Crippen LogP contribution in [0.3, 0.4) is 0 Å². The van der Waals surface area contributed by atoms with Crippen LogP contribution < -0.4 is 10.2 Å². The normalized spacial score (nSPS) is 10.6. The summed E-state index contributed by atoms with van der Waals surface area (Å²) in [6.45, 7) is 0. The van der Waals surface area contributed by atoms with Gasteiger partial charge in [-0.1, -0.05) is 24.3 Å². The summed E-state index contributed by atoms with van der Waals surface area (Å²) in [5, 5.41) is 24.2. The highest BCUT2D eigenvalue weighted by molar-refractivity contribution is 5.98. The average Bonchev–Trinajstić information content (AvgIpc) is 3.39. The molecule has 1 aromatic heterocycles. The molecule has 166 valence electrons. The molecule has 3 aromatic carbocycles. The molecule has 34 heavy (non-hydrogen) atoms. The number of rotatable bonds is 7. The molecule has 1 amide bonds. The van der Waals surface area contributed by atoms with E-state index in [2.05, 4.69) is 10.5 Å². The number of para-hydroxylation sites is 1. The molecular formula is C25H17N5O4. The van der Waals surface area contributed by atoms with Gasteiger partial charge in [0.05, 0.1) is 22.4 Å². The van der Waals surface area contributed by atoms with Crippen LogP contribution in [-0.4, -0.2) is 21.6 Å². The maximum atomic E-state index is 12.7. The number of benzene rings is 3. The number of nitro groups is 1. The lowest BCUT2D eigenvalue weighted by Crippen LogP contribution is -2.19. The Bertz CT molecular complexity index is 1420. The van der Waals surface area contributed by atoms with E-state index in [0.29, 0.717) is 16.9 Å². The van der Waals surface area contributed by atoms with Crippen molar-refractivity contribution in [2.24, 2.45) is 5.10 Å². The Kier molecular flexibility index (Phi) is 6.42. The number of hydrogen-bond acceptors (Lipinski definition) is 6. The van der Waals surface area contributed by atoms with E-state index >= 15 is 0 Å². The first-order valence-electron chi connectivity index (χ1n) is 10.1. The molecule has 1 N–H and O–H groups in total. The SMILES string of the molecule is N#Cc1cc([N+](=O)[O-])ccc1Oc1cccc(/C=N\NC(=O)c2ccccc2-n2cccc2)c1. The third-order valence-electron chi connectivity index (χ3n) is 4.79. The number of nitriles is 1. The highest BCUT2D eigenvalue weighted by Gasteiger charge is 2.13. The summed E-state index contributed by atoms with van der Waals surface area (Å²) in [6, 6.07) is 23.4. The number of carbonyl (C=O) groups is 1. The molecule has 4 rings (SSSR count). The van der Waals surface area contributed by atoms with Gasteiger partial charge in [0.25, 0.3) is 11.6 Å². The third kappa shape index (κ3) is 4.98. The smallest absolute Gasteiger partial charge is 0.273 e. The van der Waals surface area contributed by atoms with Crippen molar-refractivity contribution in [2.75, 3.05) is 0 Å². The van der Waals surface area contributed by atoms with Crippen LogP contribution in [0.15, 0.2) is 96.4 Å². The number of ether oxygens (including phenoxy) is 1. The highest BCUT2D eigenvalue weighted by atomic mass is 16.6. The van der Waals surface area contributed by atoms with Crippen molar-refractivity contribution in [1.82, 2.24) is 9.99 Å². The molecule has 0 aliphatic rings. The minimum Gasteiger partial charge on any atom is -0.456 e. The predicted octanol–water partition coefficient (Wildman–Crippen LogP) is 4.81. The Morgan fingerprint density at radius 3 is 2.62 bits per heavy atom. The van der Waals surface area contributed by atoms with Gasteiger partial charge in [0.2, 0.25) is 0 Å². The van der Waals surface area contributed by atoms with Gasteiger partial charge in [-0.3, -0.25) is 14.9 Å². The van der Waals surface area contributed by atoms with E-state index in [-0.39, 0.29) is 22.9 Å². The zero-order valence-corrected chi connectivity index (χ0v) is 17.7. The maximum Gasteiger partial charge on any atom is 0.273 e. The largest absolute Gasteiger partial charge is 0.456 e. The van der Waals surface area contributed by atoms with Gasteiger partial charge in [-0.2, -0.15) is 10.4 Å². The zero-order valence-electron chi connectivity index (χ0n) is 17.7. The second-order valence-electron chi connectivity index (χ2n) is 7.03. The zero-order chi connectivity index (χ0) is 23.9. The van der Waals surface area contributed by atoms with E-state index in [9.17, 15) is 20.2 Å². The number of hydrogen-bond donors (Lipinski definition) is 1. The topological polar surface area (TPSA) is 123 Å². The fourth-order valence-electron chi connectivity index (χ4n) is 3.20. The molecule has 4 aromatic rings. The van der Waals surface area contributed by atoms with Crippen LogP contribution in [-0.2, 0) is 0 Å². The first kappa shape index (κ1) is 22.0. The van der Waals surface area contributed by atoms with Crippen LogP contribution >= 0.6 is 0 Å². The van der Waals surface area contributed by atoms with E-state index < -0.39 is 4.92 Å². The number of non-ortho nitro benzene ring substituents is 1. The summed E-state index contributed by atoms with van der Waals surface area (Å²) in [4.78, 5) is 23.0. The van der Waals surface area contributed by atoms with Crippen molar-refractivity contribution in [3.8, 4) is 23.3 Å². The van der Waals surface area contributed by atoms with Gasteiger partial charge in [0, 0.05) is 24.5 Å². The number of carbonyl (C=O) groups excluding carboxylic acids is 1. The summed E-state index contributed by atoms with van der Waals surface area (Å²) in [5.74, 6) is 0.230. The Morgan fingerprint density at radius 1 is 1.06 bits per heavy atom. The molecule has 9 nitrogen and oxygen atoms in total. The number of hydrazone groups is 1. The standard InChI is InChI=1S/C25H17N5O4/c26-16-19-15-20(30(32)33)10-11-24(19)34-21-7-5-6-18(14-21)17-27-28-25(31)22-8-1-2-9-23(22)29-12-3-4-13-29/h1-15,17H,(H,28,31)/b27-17-. The molecule has 1 heterocycles. The molecule has 0 fully saturated rings. The van der Waals surface area contributed by atoms with E-state index in [0.717, 1.165) is 11.8 Å². The van der Waals surface area contributed by atoms with Crippen LogP contribution in [0.2, 0.25) is 0 Å². The first-order chi connectivity index (χ1) is 16.5. The van der Waals surface area contributed by atoms with Gasteiger partial charge in [0.15, 0.2) is 0 Å². The van der Waals surface area contributed by atoms with Gasteiger partial charge < -0.3 is 9.30 Å². The van der Waals surface area contributed by atoms with Crippen LogP contribution in [0.1, 0.15) is 21.5 Å². The third-order valence-corrected chi connectivity index (χ3v) is 4.79. The second kappa shape index (κ2) is 9.93. The molecule has 0 aliphatic heterocycles. The molecule has 0 saturated carbocycles. The lowest BCUT2D eigenvalue weighted by Gasteiger charge is -2.09. The summed E-state index contributed by atoms with van der Waals surface area (Å²) in [7, 11) is 0. The van der Waals surface area contributed by atoms with Crippen LogP contribution in [0, 0.1) is 21.4 Å². The number of nitro benzene ring substituents is 1. The molecule has 0 atom stereocenters. The Morgan fingerprint density at radius 2 is 1.85 bits per heavy atom. The summed E-state index contributed by atoms with van der Waals surface area (Å²) in [6.07, 6.45) is 5.16. The van der Waals surface area contributed by atoms with E-state index in [4.69, 9.17) is 4.74 Å². The minimum atomic E-state index is -0.576. The minimum absolute atomic E-state index is 0.0434. The Labute approximate surface area is 194 Å². The number of amides is 1. The summed E-state index contributed by atoms with van der Waals surface area (Å²) >= 11 is 0. The molecule has 0 spiro atoms. The monoisotopic (exact) mass is 451 g/mol. The fraction of sp³-hybridized carbons (Fsp3) is 0. The quantitative estimate of drug-likeness (QED) is 0.245. The van der Waals surface area contributed by atoms with Crippen molar-refractivity contribution in [3.63, 3.8) is 0 Å². The predicted molar refractivity (Wildman–Crippen MR) is 125 cm³/mol. The van der Waals surface area contributed by atoms with Gasteiger partial charge >= 0.3 is 0 Å². The first-order valence-corrected chi connectivity index (χ1v) is 10.1. The van der Waals surface area contributed by atoms with Gasteiger partial charge in [-0.15, -0.1) is 0 Å². The molecule has 0 bridgehead atoms. The highest BCUT2D eigenvalue weighted by Crippen LogP contribution is 2.28. The van der Waals surface area contributed by atoms with Crippen LogP contribution in [0.5, 0.6) is 11.5 Å². The molecule has 0 unspecified atom stereocenters. The Balaban J connectivity index is 1.47. The van der Waals surface area contributed by atoms with E-state index in [1.807, 2.05) is 47.3 Å². The van der Waals surface area contributed by atoms with Crippen molar-refractivity contribution in [1.29, 1.82) is 5.26 Å². The summed E-state index contributed by atoms with van der Waals surface area (Å²) in [5.41, 5.74) is 4.20. The molecule has 0 aliphatic carbocycles. The second-order valence-corrected chi connectivity index (χ2v) is 7.03. The lowest BCUT2D eigenvalue weighted by molar-refractivity contribution is -0.384. The van der Waals surface area contributed by atoms with Crippen molar-refractivity contribution in [2.45, 2.75) is 0 Å². The molecule has 9 heteroatoms. The molecule has 0 saturated heterocycles. The van der Waals surface area contributed by atoms with Gasteiger partial charge in [-0.05, 0) is 48.0 Å². The molecule has 0 radical (unpaired) electrons.